The zero-order valence-electron chi connectivity index (χ0n) is 14.6. The zero-order chi connectivity index (χ0) is 17.2. The van der Waals surface area contributed by atoms with Gasteiger partial charge >= 0.3 is 0 Å². The Bertz CT molecular complexity index is 964. The lowest BCUT2D eigenvalue weighted by Gasteiger charge is -2.21. The summed E-state index contributed by atoms with van der Waals surface area (Å²) in [5.41, 5.74) is 13.0. The third-order valence-electron chi connectivity index (χ3n) is 5.16. The summed E-state index contributed by atoms with van der Waals surface area (Å²) in [6, 6.07) is 23.8. The van der Waals surface area contributed by atoms with Crippen molar-refractivity contribution >= 4 is 10.8 Å². The fourth-order valence-electron chi connectivity index (χ4n) is 3.67. The van der Waals surface area contributed by atoms with Crippen molar-refractivity contribution in [3.05, 3.63) is 95.6 Å². The minimum atomic E-state index is -0.0110. The van der Waals surface area contributed by atoms with Crippen LogP contribution < -0.4 is 5.73 Å². The maximum Gasteiger partial charge on any atom is 0.0516 e. The van der Waals surface area contributed by atoms with Crippen LogP contribution in [-0.4, -0.2) is 0 Å². The van der Waals surface area contributed by atoms with Gasteiger partial charge in [0, 0.05) is 0 Å². The van der Waals surface area contributed by atoms with Gasteiger partial charge in [0.25, 0.3) is 0 Å². The molecule has 0 spiro atoms. The highest BCUT2D eigenvalue weighted by Crippen LogP contribution is 2.32. The minimum absolute atomic E-state index is 0.0110. The average molecular weight is 325 g/mol. The predicted molar refractivity (Wildman–Crippen MR) is 107 cm³/mol. The van der Waals surface area contributed by atoms with E-state index in [1.54, 1.807) is 0 Å². The first-order valence-electron chi connectivity index (χ1n) is 8.93. The van der Waals surface area contributed by atoms with Crippen molar-refractivity contribution in [1.82, 2.24) is 0 Å². The fraction of sp³-hybridized carbons (Fsp3) is 0.167. The molecule has 0 aliphatic heterocycles. The standard InChI is InChI=1S/C24H23N/c1-17-7-5-6-10-23(17)24(25)22-14-13-20-15-19(11-12-21(20)16-22)18-8-3-2-4-9-18/h2-5,7-9,11-16,24H,6,10,25H2,1H3. The van der Waals surface area contributed by atoms with E-state index in [1.807, 2.05) is 0 Å². The number of hydrogen-bond acceptors (Lipinski definition) is 1. The average Bonchev–Trinajstić information content (AvgIpc) is 2.68. The van der Waals surface area contributed by atoms with E-state index in [0.717, 1.165) is 12.8 Å². The lowest BCUT2D eigenvalue weighted by molar-refractivity contribution is 0.758. The molecule has 1 atom stereocenters. The quantitative estimate of drug-likeness (QED) is 0.612. The van der Waals surface area contributed by atoms with Crippen LogP contribution in [0.1, 0.15) is 31.4 Å². The van der Waals surface area contributed by atoms with Crippen LogP contribution in [0.15, 0.2) is 90.0 Å². The van der Waals surface area contributed by atoms with Crippen LogP contribution in [0.25, 0.3) is 21.9 Å². The number of hydrogen-bond donors (Lipinski definition) is 1. The lowest BCUT2D eigenvalue weighted by atomic mass is 9.88. The van der Waals surface area contributed by atoms with Crippen LogP contribution in [-0.2, 0) is 0 Å². The van der Waals surface area contributed by atoms with Crippen LogP contribution in [0.5, 0.6) is 0 Å². The van der Waals surface area contributed by atoms with Crippen molar-refractivity contribution in [1.29, 1.82) is 0 Å². The second-order valence-corrected chi connectivity index (χ2v) is 6.81. The zero-order valence-corrected chi connectivity index (χ0v) is 14.6. The van der Waals surface area contributed by atoms with Crippen molar-refractivity contribution in [2.75, 3.05) is 0 Å². The van der Waals surface area contributed by atoms with Gasteiger partial charge in [0.15, 0.2) is 0 Å². The Balaban J connectivity index is 1.70. The molecule has 1 unspecified atom stereocenters. The van der Waals surface area contributed by atoms with Gasteiger partial charge in [-0.25, -0.2) is 0 Å². The summed E-state index contributed by atoms with van der Waals surface area (Å²) in [4.78, 5) is 0. The van der Waals surface area contributed by atoms with Crippen LogP contribution in [0, 0.1) is 0 Å². The van der Waals surface area contributed by atoms with Gasteiger partial charge < -0.3 is 5.73 Å². The molecular weight excluding hydrogens is 302 g/mol. The van der Waals surface area contributed by atoms with Crippen molar-refractivity contribution < 1.29 is 0 Å². The largest absolute Gasteiger partial charge is 0.321 e. The Labute approximate surface area is 149 Å². The van der Waals surface area contributed by atoms with Gasteiger partial charge in [-0.1, -0.05) is 72.3 Å². The van der Waals surface area contributed by atoms with Gasteiger partial charge in [-0.2, -0.15) is 0 Å². The molecule has 3 aromatic carbocycles. The van der Waals surface area contributed by atoms with E-state index in [4.69, 9.17) is 5.73 Å². The molecule has 1 aliphatic carbocycles. The summed E-state index contributed by atoms with van der Waals surface area (Å²) in [5, 5.41) is 2.50. The smallest absolute Gasteiger partial charge is 0.0516 e. The predicted octanol–water partition coefficient (Wildman–Crippen LogP) is 6.17. The first-order chi connectivity index (χ1) is 12.2. The van der Waals surface area contributed by atoms with Gasteiger partial charge in [0.1, 0.15) is 0 Å². The van der Waals surface area contributed by atoms with Crippen molar-refractivity contribution in [2.45, 2.75) is 25.8 Å². The second-order valence-electron chi connectivity index (χ2n) is 6.81. The molecule has 1 aliphatic rings. The first kappa shape index (κ1) is 15.9. The fourth-order valence-corrected chi connectivity index (χ4v) is 3.67. The lowest BCUT2D eigenvalue weighted by Crippen LogP contribution is -2.15. The Hall–Kier alpha value is -2.64. The molecule has 124 valence electrons. The van der Waals surface area contributed by atoms with E-state index in [-0.39, 0.29) is 6.04 Å². The minimum Gasteiger partial charge on any atom is -0.321 e. The highest BCUT2D eigenvalue weighted by molar-refractivity contribution is 5.88. The van der Waals surface area contributed by atoms with Crippen molar-refractivity contribution in [3.63, 3.8) is 0 Å². The van der Waals surface area contributed by atoms with Crippen LogP contribution >= 0.6 is 0 Å². The highest BCUT2D eigenvalue weighted by atomic mass is 14.6. The summed E-state index contributed by atoms with van der Waals surface area (Å²) < 4.78 is 0. The first-order valence-corrected chi connectivity index (χ1v) is 8.93. The topological polar surface area (TPSA) is 26.0 Å². The molecule has 0 amide bonds. The van der Waals surface area contributed by atoms with E-state index in [2.05, 4.69) is 85.8 Å². The van der Waals surface area contributed by atoms with E-state index < -0.39 is 0 Å². The molecule has 0 saturated heterocycles. The molecule has 3 aromatic rings. The summed E-state index contributed by atoms with van der Waals surface area (Å²) in [5.74, 6) is 0. The molecule has 25 heavy (non-hydrogen) atoms. The van der Waals surface area contributed by atoms with Gasteiger partial charge in [-0.15, -0.1) is 0 Å². The molecule has 4 rings (SSSR count). The third kappa shape index (κ3) is 3.16. The Morgan fingerprint density at radius 1 is 0.840 bits per heavy atom. The van der Waals surface area contributed by atoms with E-state index in [1.165, 1.54) is 38.6 Å². The number of rotatable bonds is 3. The summed E-state index contributed by atoms with van der Waals surface area (Å²) in [6.45, 7) is 2.16. The normalized spacial score (nSPS) is 15.6. The van der Waals surface area contributed by atoms with Gasteiger partial charge in [-0.3, -0.25) is 0 Å². The van der Waals surface area contributed by atoms with E-state index in [9.17, 15) is 0 Å². The van der Waals surface area contributed by atoms with E-state index in [0.29, 0.717) is 0 Å². The Kier molecular flexibility index (Phi) is 4.25. The SMILES string of the molecule is CC1=C(C(N)c2ccc3cc(-c4ccccc4)ccc3c2)CCC=C1. The molecule has 1 heteroatoms. The summed E-state index contributed by atoms with van der Waals surface area (Å²) in [6.07, 6.45) is 6.59. The van der Waals surface area contributed by atoms with Gasteiger partial charge in [0.05, 0.1) is 6.04 Å². The second kappa shape index (κ2) is 6.70. The maximum atomic E-state index is 6.58. The molecule has 0 radical (unpaired) electrons. The molecular formula is C24H23N. The number of nitrogens with two attached hydrogens (primary N) is 1. The molecule has 1 nitrogen and oxygen atoms in total. The van der Waals surface area contributed by atoms with Gasteiger partial charge in [0.2, 0.25) is 0 Å². The molecule has 2 N–H and O–H groups in total. The maximum absolute atomic E-state index is 6.58. The highest BCUT2D eigenvalue weighted by Gasteiger charge is 2.15. The van der Waals surface area contributed by atoms with Crippen LogP contribution in [0.3, 0.4) is 0 Å². The third-order valence-corrected chi connectivity index (χ3v) is 5.16. The van der Waals surface area contributed by atoms with E-state index >= 15 is 0 Å². The number of fused-ring (bicyclic) bond motifs is 1. The molecule has 0 bridgehead atoms. The van der Waals surface area contributed by atoms with Crippen molar-refractivity contribution in [3.8, 4) is 11.1 Å². The summed E-state index contributed by atoms with van der Waals surface area (Å²) >= 11 is 0. The van der Waals surface area contributed by atoms with Crippen molar-refractivity contribution in [2.24, 2.45) is 5.73 Å². The monoisotopic (exact) mass is 325 g/mol. The number of benzene rings is 3. The molecule has 0 saturated carbocycles. The number of allylic oxidation sites excluding steroid dienone is 3. The Morgan fingerprint density at radius 3 is 2.40 bits per heavy atom. The van der Waals surface area contributed by atoms with Gasteiger partial charge in [-0.05, 0) is 64.9 Å². The molecule has 0 heterocycles. The van der Waals surface area contributed by atoms with Crippen LogP contribution in [0.4, 0.5) is 0 Å². The summed E-state index contributed by atoms with van der Waals surface area (Å²) in [7, 11) is 0. The molecule has 0 aromatic heterocycles. The molecule has 0 fully saturated rings. The van der Waals surface area contributed by atoms with Crippen LogP contribution in [0.2, 0.25) is 0 Å². The Morgan fingerprint density at radius 2 is 1.60 bits per heavy atom.